The molecule has 1 heterocycles. The van der Waals surface area contributed by atoms with Gasteiger partial charge in [0.05, 0.1) is 0 Å². The molecule has 0 saturated heterocycles. The number of primary amides is 1. The zero-order valence-corrected chi connectivity index (χ0v) is 14.1. The predicted octanol–water partition coefficient (Wildman–Crippen LogP) is 2.19. The lowest BCUT2D eigenvalue weighted by molar-refractivity contribution is -0.119. The van der Waals surface area contributed by atoms with Crippen molar-refractivity contribution >= 4 is 11.7 Å². The highest BCUT2D eigenvalue weighted by atomic mass is 16.5. The summed E-state index contributed by atoms with van der Waals surface area (Å²) in [5.74, 6) is 0.766. The Morgan fingerprint density at radius 2 is 2.28 bits per heavy atom. The molecule has 1 aromatic carbocycles. The molecule has 0 radical (unpaired) electrons. The molecule has 2 aromatic rings. The Morgan fingerprint density at radius 3 is 3.00 bits per heavy atom. The third kappa shape index (κ3) is 3.41. The monoisotopic (exact) mass is 336 g/mol. The van der Waals surface area contributed by atoms with Crippen molar-refractivity contribution in [1.29, 1.82) is 5.26 Å². The van der Waals surface area contributed by atoms with Gasteiger partial charge in [-0.1, -0.05) is 19.1 Å². The Labute approximate surface area is 146 Å². The number of rotatable bonds is 4. The van der Waals surface area contributed by atoms with Crippen LogP contribution in [0, 0.1) is 17.2 Å². The number of carbonyl (C=O) groups excluding carboxylic acids is 1. The van der Waals surface area contributed by atoms with E-state index in [0.29, 0.717) is 17.2 Å². The summed E-state index contributed by atoms with van der Waals surface area (Å²) in [6, 6.07) is 9.48. The standard InChI is InChI=1S/C19H20N4O2/c1-11-5-6-16-14(7-11)18(15(9-20)19(22)23-16)12-3-2-4-13(8-12)25-10-17(21)24/h2-4,8,11H,5-7,10H2,1H3,(H2,21,24)(H2,22,23)/t11-/m1/s1. The maximum Gasteiger partial charge on any atom is 0.255 e. The summed E-state index contributed by atoms with van der Waals surface area (Å²) in [7, 11) is 0. The van der Waals surface area contributed by atoms with Crippen molar-refractivity contribution in [2.24, 2.45) is 11.7 Å². The third-order valence-corrected chi connectivity index (χ3v) is 4.45. The second kappa shape index (κ2) is 6.81. The SMILES string of the molecule is C[C@@H]1CCc2nc(N)c(C#N)c(-c3cccc(OCC(N)=O)c3)c2C1. The van der Waals surface area contributed by atoms with Crippen LogP contribution in [0.15, 0.2) is 24.3 Å². The first kappa shape index (κ1) is 16.8. The fourth-order valence-corrected chi connectivity index (χ4v) is 3.28. The number of carbonyl (C=O) groups is 1. The first-order chi connectivity index (χ1) is 12.0. The van der Waals surface area contributed by atoms with E-state index in [4.69, 9.17) is 16.2 Å². The Balaban J connectivity index is 2.13. The summed E-state index contributed by atoms with van der Waals surface area (Å²) in [6.45, 7) is 2.00. The zero-order valence-electron chi connectivity index (χ0n) is 14.1. The number of fused-ring (bicyclic) bond motifs is 1. The van der Waals surface area contributed by atoms with Gasteiger partial charge in [0.1, 0.15) is 23.2 Å². The molecule has 128 valence electrons. The molecular formula is C19H20N4O2. The molecular weight excluding hydrogens is 316 g/mol. The molecule has 0 spiro atoms. The van der Waals surface area contributed by atoms with Crippen LogP contribution in [0.2, 0.25) is 0 Å². The minimum atomic E-state index is -0.539. The van der Waals surface area contributed by atoms with Crippen LogP contribution in [0.25, 0.3) is 11.1 Å². The predicted molar refractivity (Wildman–Crippen MR) is 94.7 cm³/mol. The van der Waals surface area contributed by atoms with Crippen molar-refractivity contribution < 1.29 is 9.53 Å². The summed E-state index contributed by atoms with van der Waals surface area (Å²) >= 11 is 0. The number of hydrogen-bond donors (Lipinski definition) is 2. The maximum absolute atomic E-state index is 10.9. The number of aromatic nitrogens is 1. The smallest absolute Gasteiger partial charge is 0.255 e. The molecule has 6 nitrogen and oxygen atoms in total. The molecule has 1 aliphatic carbocycles. The fourth-order valence-electron chi connectivity index (χ4n) is 3.28. The number of pyridine rings is 1. The van der Waals surface area contributed by atoms with Crippen LogP contribution in [-0.4, -0.2) is 17.5 Å². The summed E-state index contributed by atoms with van der Waals surface area (Å²) in [5, 5.41) is 9.61. The van der Waals surface area contributed by atoms with Crippen LogP contribution in [0.4, 0.5) is 5.82 Å². The summed E-state index contributed by atoms with van der Waals surface area (Å²) in [4.78, 5) is 15.4. The highest BCUT2D eigenvalue weighted by Gasteiger charge is 2.24. The van der Waals surface area contributed by atoms with Crippen molar-refractivity contribution in [3.05, 3.63) is 41.1 Å². The second-order valence-electron chi connectivity index (χ2n) is 6.41. The number of ether oxygens (including phenoxy) is 1. The largest absolute Gasteiger partial charge is 0.484 e. The van der Waals surface area contributed by atoms with Gasteiger partial charge in [-0.3, -0.25) is 4.79 Å². The number of amides is 1. The van der Waals surface area contributed by atoms with Crippen LogP contribution in [-0.2, 0) is 17.6 Å². The minimum Gasteiger partial charge on any atom is -0.484 e. The van der Waals surface area contributed by atoms with Gasteiger partial charge >= 0.3 is 0 Å². The lowest BCUT2D eigenvalue weighted by atomic mass is 9.82. The van der Waals surface area contributed by atoms with Crippen molar-refractivity contribution in [2.45, 2.75) is 26.2 Å². The maximum atomic E-state index is 10.9. The lowest BCUT2D eigenvalue weighted by Crippen LogP contribution is -2.20. The molecule has 0 fully saturated rings. The topological polar surface area (TPSA) is 115 Å². The van der Waals surface area contributed by atoms with E-state index in [1.807, 2.05) is 12.1 Å². The van der Waals surface area contributed by atoms with Gasteiger partial charge < -0.3 is 16.2 Å². The average Bonchev–Trinajstić information content (AvgIpc) is 2.59. The van der Waals surface area contributed by atoms with Gasteiger partial charge in [0, 0.05) is 11.3 Å². The van der Waals surface area contributed by atoms with Crippen molar-refractivity contribution in [1.82, 2.24) is 4.98 Å². The summed E-state index contributed by atoms with van der Waals surface area (Å²) in [6.07, 6.45) is 2.78. The first-order valence-electron chi connectivity index (χ1n) is 8.22. The van der Waals surface area contributed by atoms with Gasteiger partial charge in [0.2, 0.25) is 0 Å². The van der Waals surface area contributed by atoms with Gasteiger partial charge in [-0.05, 0) is 48.4 Å². The Bertz CT molecular complexity index is 870. The third-order valence-electron chi connectivity index (χ3n) is 4.45. The number of nitrogens with zero attached hydrogens (tertiary/aromatic N) is 2. The summed E-state index contributed by atoms with van der Waals surface area (Å²) < 4.78 is 5.39. The highest BCUT2D eigenvalue weighted by molar-refractivity contribution is 5.80. The first-order valence-corrected chi connectivity index (χ1v) is 8.22. The molecule has 4 N–H and O–H groups in total. The molecule has 1 aliphatic rings. The van der Waals surface area contributed by atoms with Crippen LogP contribution in [0.3, 0.4) is 0 Å². The molecule has 0 bridgehead atoms. The molecule has 1 atom stereocenters. The number of hydrogen-bond acceptors (Lipinski definition) is 5. The fraction of sp³-hybridized carbons (Fsp3) is 0.316. The molecule has 0 aliphatic heterocycles. The van der Waals surface area contributed by atoms with E-state index < -0.39 is 5.91 Å². The average molecular weight is 336 g/mol. The van der Waals surface area contributed by atoms with E-state index in [-0.39, 0.29) is 12.4 Å². The normalized spacial score (nSPS) is 15.9. The number of benzene rings is 1. The second-order valence-corrected chi connectivity index (χ2v) is 6.41. The molecule has 1 aromatic heterocycles. The van der Waals surface area contributed by atoms with E-state index in [1.54, 1.807) is 12.1 Å². The highest BCUT2D eigenvalue weighted by Crippen LogP contribution is 2.38. The quantitative estimate of drug-likeness (QED) is 0.888. The van der Waals surface area contributed by atoms with E-state index in [0.717, 1.165) is 41.6 Å². The summed E-state index contributed by atoms with van der Waals surface area (Å²) in [5.41, 5.74) is 15.3. The van der Waals surface area contributed by atoms with Gasteiger partial charge in [0.15, 0.2) is 6.61 Å². The Morgan fingerprint density at radius 1 is 1.48 bits per heavy atom. The molecule has 6 heteroatoms. The molecule has 25 heavy (non-hydrogen) atoms. The van der Waals surface area contributed by atoms with Gasteiger partial charge in [-0.2, -0.15) is 5.26 Å². The van der Waals surface area contributed by atoms with E-state index in [1.165, 1.54) is 0 Å². The zero-order chi connectivity index (χ0) is 18.0. The van der Waals surface area contributed by atoms with Crippen molar-refractivity contribution in [3.8, 4) is 22.9 Å². The number of aryl methyl sites for hydroxylation is 1. The lowest BCUT2D eigenvalue weighted by Gasteiger charge is -2.25. The van der Waals surface area contributed by atoms with Crippen LogP contribution < -0.4 is 16.2 Å². The van der Waals surface area contributed by atoms with Gasteiger partial charge in [0.25, 0.3) is 5.91 Å². The number of nitrogens with two attached hydrogens (primary N) is 2. The molecule has 0 unspecified atom stereocenters. The van der Waals surface area contributed by atoms with Crippen LogP contribution in [0.5, 0.6) is 5.75 Å². The van der Waals surface area contributed by atoms with Crippen molar-refractivity contribution in [2.75, 3.05) is 12.3 Å². The number of nitriles is 1. The van der Waals surface area contributed by atoms with Crippen molar-refractivity contribution in [3.63, 3.8) is 0 Å². The van der Waals surface area contributed by atoms with Crippen LogP contribution in [0.1, 0.15) is 30.2 Å². The molecule has 0 saturated carbocycles. The Kier molecular flexibility index (Phi) is 4.57. The van der Waals surface area contributed by atoms with E-state index >= 15 is 0 Å². The van der Waals surface area contributed by atoms with E-state index in [9.17, 15) is 10.1 Å². The Hall–Kier alpha value is -3.07. The van der Waals surface area contributed by atoms with Gasteiger partial charge in [-0.25, -0.2) is 4.98 Å². The van der Waals surface area contributed by atoms with Gasteiger partial charge in [-0.15, -0.1) is 0 Å². The minimum absolute atomic E-state index is 0.192. The number of nitrogen functional groups attached to an aromatic ring is 1. The molecule has 1 amide bonds. The number of anilines is 1. The molecule has 3 rings (SSSR count). The van der Waals surface area contributed by atoms with Crippen LogP contribution >= 0.6 is 0 Å². The van der Waals surface area contributed by atoms with E-state index in [2.05, 4.69) is 18.0 Å².